The van der Waals surface area contributed by atoms with Crippen LogP contribution >= 0.6 is 15.9 Å². The van der Waals surface area contributed by atoms with Gasteiger partial charge in [-0.05, 0) is 65.3 Å². The van der Waals surface area contributed by atoms with Crippen molar-refractivity contribution in [2.75, 3.05) is 17.2 Å². The molecule has 0 atom stereocenters. The monoisotopic (exact) mass is 380 g/mol. The summed E-state index contributed by atoms with van der Waals surface area (Å²) in [4.78, 5) is 23.4. The number of ether oxygens (including phenoxy) is 1. The number of hydrogen-bond donors (Lipinski definition) is 2. The van der Waals surface area contributed by atoms with Crippen LogP contribution in [-0.2, 0) is 4.74 Å². The van der Waals surface area contributed by atoms with Gasteiger partial charge in [-0.1, -0.05) is 0 Å². The summed E-state index contributed by atoms with van der Waals surface area (Å²) < 4.78 is 18.3. The van der Waals surface area contributed by atoms with Gasteiger partial charge in [-0.3, -0.25) is 0 Å². The molecule has 0 aliphatic carbocycles. The summed E-state index contributed by atoms with van der Waals surface area (Å²) in [5.74, 6) is -0.823. The number of carbonyl (C=O) groups excluding carboxylic acids is 2. The molecule has 0 radical (unpaired) electrons. The third-order valence-corrected chi connectivity index (χ3v) is 3.49. The van der Waals surface area contributed by atoms with Crippen LogP contribution in [0.15, 0.2) is 46.9 Å². The molecule has 23 heavy (non-hydrogen) atoms. The summed E-state index contributed by atoms with van der Waals surface area (Å²) in [6.45, 7) is 2.03. The Morgan fingerprint density at radius 2 is 1.83 bits per heavy atom. The van der Waals surface area contributed by atoms with E-state index in [9.17, 15) is 14.0 Å². The maximum atomic E-state index is 13.0. The predicted molar refractivity (Wildman–Crippen MR) is 89.1 cm³/mol. The molecule has 2 aromatic rings. The first-order valence-electron chi connectivity index (χ1n) is 6.80. The molecule has 0 aliphatic rings. The fourth-order valence-electron chi connectivity index (χ4n) is 1.78. The highest BCUT2D eigenvalue weighted by Crippen LogP contribution is 2.23. The number of amides is 2. The number of anilines is 2. The van der Waals surface area contributed by atoms with E-state index in [0.717, 1.165) is 0 Å². The van der Waals surface area contributed by atoms with Crippen LogP contribution in [0.4, 0.5) is 20.6 Å². The lowest BCUT2D eigenvalue weighted by molar-refractivity contribution is 0.0526. The van der Waals surface area contributed by atoms with Gasteiger partial charge in [0.1, 0.15) is 5.82 Å². The molecule has 0 heterocycles. The quantitative estimate of drug-likeness (QED) is 0.771. The van der Waals surface area contributed by atoms with Crippen LogP contribution in [0, 0.1) is 5.82 Å². The van der Waals surface area contributed by atoms with E-state index >= 15 is 0 Å². The van der Waals surface area contributed by atoms with Crippen molar-refractivity contribution >= 4 is 39.3 Å². The Kier molecular flexibility index (Phi) is 5.70. The summed E-state index contributed by atoms with van der Waals surface area (Å²) in [7, 11) is 0. The number of esters is 1. The highest BCUT2D eigenvalue weighted by molar-refractivity contribution is 9.10. The first-order valence-corrected chi connectivity index (χ1v) is 7.59. The lowest BCUT2D eigenvalue weighted by Gasteiger charge is -2.09. The van der Waals surface area contributed by atoms with Crippen molar-refractivity contribution in [1.29, 1.82) is 0 Å². The third kappa shape index (κ3) is 4.79. The van der Waals surface area contributed by atoms with Crippen molar-refractivity contribution in [2.24, 2.45) is 0 Å². The van der Waals surface area contributed by atoms with Gasteiger partial charge in [-0.2, -0.15) is 0 Å². The summed E-state index contributed by atoms with van der Waals surface area (Å²) in [5, 5.41) is 5.20. The molecule has 0 bridgehead atoms. The zero-order valence-corrected chi connectivity index (χ0v) is 13.8. The summed E-state index contributed by atoms with van der Waals surface area (Å²) >= 11 is 3.17. The molecule has 2 rings (SSSR count). The molecule has 0 saturated heterocycles. The SMILES string of the molecule is CCOC(=O)c1ccc(NC(=O)Nc2ccc(F)cc2Br)cc1. The number of halogens is 2. The number of benzene rings is 2. The van der Waals surface area contributed by atoms with E-state index in [1.807, 2.05) is 0 Å². The van der Waals surface area contributed by atoms with Crippen LogP contribution in [-0.4, -0.2) is 18.6 Å². The first kappa shape index (κ1) is 17.0. The zero-order valence-electron chi connectivity index (χ0n) is 12.2. The van der Waals surface area contributed by atoms with Crippen molar-refractivity contribution in [3.63, 3.8) is 0 Å². The zero-order chi connectivity index (χ0) is 16.8. The molecule has 0 aromatic heterocycles. The number of carbonyl (C=O) groups is 2. The minimum Gasteiger partial charge on any atom is -0.462 e. The van der Waals surface area contributed by atoms with Gasteiger partial charge in [0, 0.05) is 10.2 Å². The summed E-state index contributed by atoms with van der Waals surface area (Å²) in [6, 6.07) is 9.75. The normalized spacial score (nSPS) is 10.0. The van der Waals surface area contributed by atoms with Crippen LogP contribution in [0.2, 0.25) is 0 Å². The Morgan fingerprint density at radius 1 is 1.13 bits per heavy atom. The standard InChI is InChI=1S/C16H14BrFN2O3/c1-2-23-15(21)10-3-6-12(7-4-10)19-16(22)20-14-8-5-11(18)9-13(14)17/h3-9H,2H2,1H3,(H2,19,20,22). The van der Waals surface area contributed by atoms with Crippen molar-refractivity contribution in [1.82, 2.24) is 0 Å². The Bertz CT molecular complexity index is 720. The second-order valence-corrected chi connectivity index (χ2v) is 5.36. The lowest BCUT2D eigenvalue weighted by atomic mass is 10.2. The highest BCUT2D eigenvalue weighted by atomic mass is 79.9. The molecular formula is C16H14BrFN2O3. The largest absolute Gasteiger partial charge is 0.462 e. The van der Waals surface area contributed by atoms with E-state index in [2.05, 4.69) is 26.6 Å². The molecule has 0 saturated carbocycles. The third-order valence-electron chi connectivity index (χ3n) is 2.83. The lowest BCUT2D eigenvalue weighted by Crippen LogP contribution is -2.19. The molecule has 2 amide bonds. The van der Waals surface area contributed by atoms with Crippen molar-refractivity contribution in [2.45, 2.75) is 6.92 Å². The van der Waals surface area contributed by atoms with Crippen LogP contribution in [0.25, 0.3) is 0 Å². The minimum atomic E-state index is -0.485. The second kappa shape index (κ2) is 7.73. The maximum Gasteiger partial charge on any atom is 0.338 e. The van der Waals surface area contributed by atoms with Crippen LogP contribution in [0.3, 0.4) is 0 Å². The van der Waals surface area contributed by atoms with E-state index in [-0.39, 0.29) is 0 Å². The Morgan fingerprint density at radius 3 is 2.43 bits per heavy atom. The molecule has 2 N–H and O–H groups in total. The maximum absolute atomic E-state index is 13.0. The fourth-order valence-corrected chi connectivity index (χ4v) is 2.23. The van der Waals surface area contributed by atoms with Gasteiger partial charge in [-0.25, -0.2) is 14.0 Å². The van der Waals surface area contributed by atoms with Crippen LogP contribution in [0.5, 0.6) is 0 Å². The topological polar surface area (TPSA) is 67.4 Å². The van der Waals surface area contributed by atoms with Gasteiger partial charge >= 0.3 is 12.0 Å². The molecular weight excluding hydrogens is 367 g/mol. The van der Waals surface area contributed by atoms with Gasteiger partial charge in [0.25, 0.3) is 0 Å². The average Bonchev–Trinajstić information content (AvgIpc) is 2.51. The van der Waals surface area contributed by atoms with E-state index in [1.54, 1.807) is 31.2 Å². The number of hydrogen-bond acceptors (Lipinski definition) is 3. The van der Waals surface area contributed by atoms with Crippen molar-refractivity contribution in [3.05, 3.63) is 58.3 Å². The predicted octanol–water partition coefficient (Wildman–Crippen LogP) is 4.41. The number of rotatable bonds is 4. The summed E-state index contributed by atoms with van der Waals surface area (Å²) in [6.07, 6.45) is 0. The van der Waals surface area contributed by atoms with E-state index in [4.69, 9.17) is 4.74 Å². The van der Waals surface area contributed by atoms with E-state index in [1.165, 1.54) is 18.2 Å². The van der Waals surface area contributed by atoms with Crippen LogP contribution < -0.4 is 10.6 Å². The fraction of sp³-hybridized carbons (Fsp3) is 0.125. The molecule has 0 aliphatic heterocycles. The average molecular weight is 381 g/mol. The molecule has 120 valence electrons. The Labute approximate surface area is 141 Å². The van der Waals surface area contributed by atoms with Crippen molar-refractivity contribution < 1.29 is 18.7 Å². The minimum absolute atomic E-state index is 0.299. The van der Waals surface area contributed by atoms with E-state index in [0.29, 0.717) is 28.0 Å². The first-order chi connectivity index (χ1) is 11.0. The van der Waals surface area contributed by atoms with Gasteiger partial charge in [-0.15, -0.1) is 0 Å². The van der Waals surface area contributed by atoms with Crippen molar-refractivity contribution in [3.8, 4) is 0 Å². The van der Waals surface area contributed by atoms with Gasteiger partial charge in [0.05, 0.1) is 17.9 Å². The Hall–Kier alpha value is -2.41. The highest BCUT2D eigenvalue weighted by Gasteiger charge is 2.09. The Balaban J connectivity index is 1.98. The molecule has 0 spiro atoms. The number of nitrogens with one attached hydrogen (secondary N) is 2. The van der Waals surface area contributed by atoms with Gasteiger partial charge in [0.15, 0.2) is 0 Å². The van der Waals surface area contributed by atoms with Crippen LogP contribution in [0.1, 0.15) is 17.3 Å². The molecule has 0 fully saturated rings. The molecule has 7 heteroatoms. The van der Waals surface area contributed by atoms with Gasteiger partial charge < -0.3 is 15.4 Å². The summed E-state index contributed by atoms with van der Waals surface area (Å²) in [5.41, 5.74) is 1.35. The van der Waals surface area contributed by atoms with Gasteiger partial charge in [0.2, 0.25) is 0 Å². The molecule has 5 nitrogen and oxygen atoms in total. The smallest absolute Gasteiger partial charge is 0.338 e. The molecule has 2 aromatic carbocycles. The second-order valence-electron chi connectivity index (χ2n) is 4.50. The van der Waals surface area contributed by atoms with E-state index < -0.39 is 17.8 Å². The number of urea groups is 1. The molecule has 0 unspecified atom stereocenters.